The Labute approximate surface area is 86.5 Å². The molecule has 0 aliphatic carbocycles. The zero-order chi connectivity index (χ0) is 11.3. The molecule has 1 aromatic carbocycles. The fourth-order valence-electron chi connectivity index (χ4n) is 1.00. The first kappa shape index (κ1) is 11.5. The number of rotatable bonds is 5. The van der Waals surface area contributed by atoms with Crippen molar-refractivity contribution in [2.45, 2.75) is 6.10 Å². The predicted molar refractivity (Wildman–Crippen MR) is 52.0 cm³/mol. The smallest absolute Gasteiger partial charge is 0.335 e. The van der Waals surface area contributed by atoms with Gasteiger partial charge in [0.2, 0.25) is 0 Å². The van der Waals surface area contributed by atoms with Crippen LogP contribution in [0.25, 0.3) is 0 Å². The normalized spacial score (nSPS) is 10.3. The van der Waals surface area contributed by atoms with Gasteiger partial charge < -0.3 is 20.1 Å². The number of aromatic carboxylic acids is 1. The molecule has 0 aliphatic heterocycles. The first-order valence-corrected chi connectivity index (χ1v) is 4.39. The number of carboxylic acid groups (broad SMARTS) is 1. The van der Waals surface area contributed by atoms with Gasteiger partial charge in [-0.3, -0.25) is 0 Å². The molecule has 0 fully saturated rings. The Morgan fingerprint density at radius 1 is 1.20 bits per heavy atom. The summed E-state index contributed by atoms with van der Waals surface area (Å²) in [7, 11) is 0. The lowest BCUT2D eigenvalue weighted by atomic mass is 10.2. The number of carbonyl (C=O) groups is 1. The Hall–Kier alpha value is -1.59. The minimum Gasteiger partial charge on any atom is -0.486 e. The van der Waals surface area contributed by atoms with Crippen molar-refractivity contribution in [2.75, 3.05) is 13.2 Å². The number of hydrogen-bond donors (Lipinski definition) is 3. The Balaban J connectivity index is 2.67. The second-order valence-corrected chi connectivity index (χ2v) is 2.93. The Morgan fingerprint density at radius 2 is 1.73 bits per heavy atom. The molecule has 0 amide bonds. The van der Waals surface area contributed by atoms with Gasteiger partial charge in [-0.25, -0.2) is 4.79 Å². The third kappa shape index (κ3) is 3.23. The van der Waals surface area contributed by atoms with E-state index in [2.05, 4.69) is 0 Å². The van der Waals surface area contributed by atoms with Gasteiger partial charge in [0, 0.05) is 0 Å². The first-order chi connectivity index (χ1) is 7.17. The number of aliphatic hydroxyl groups excluding tert-OH is 2. The minimum absolute atomic E-state index is 0.159. The van der Waals surface area contributed by atoms with Gasteiger partial charge in [-0.1, -0.05) is 0 Å². The van der Waals surface area contributed by atoms with Crippen molar-refractivity contribution < 1.29 is 24.9 Å². The van der Waals surface area contributed by atoms with Crippen LogP contribution in [0.15, 0.2) is 24.3 Å². The minimum atomic E-state index is -1.01. The van der Waals surface area contributed by atoms with Crippen molar-refractivity contribution in [3.63, 3.8) is 0 Å². The molecule has 0 saturated heterocycles. The second kappa shape index (κ2) is 5.33. The lowest BCUT2D eigenvalue weighted by molar-refractivity contribution is 0.0627. The average Bonchev–Trinajstić information content (AvgIpc) is 2.26. The van der Waals surface area contributed by atoms with Crippen LogP contribution in [-0.2, 0) is 0 Å². The molecule has 0 bridgehead atoms. The summed E-state index contributed by atoms with van der Waals surface area (Å²) in [5, 5.41) is 26.1. The van der Waals surface area contributed by atoms with Crippen LogP contribution in [0, 0.1) is 0 Å². The van der Waals surface area contributed by atoms with Crippen molar-refractivity contribution in [3.05, 3.63) is 29.8 Å². The topological polar surface area (TPSA) is 87.0 Å². The van der Waals surface area contributed by atoms with E-state index in [1.807, 2.05) is 0 Å². The molecule has 3 N–H and O–H groups in total. The van der Waals surface area contributed by atoms with Crippen molar-refractivity contribution >= 4 is 5.97 Å². The molecule has 0 saturated carbocycles. The maximum atomic E-state index is 10.5. The number of hydrogen-bond acceptors (Lipinski definition) is 4. The molecule has 0 radical (unpaired) electrons. The van der Waals surface area contributed by atoms with Gasteiger partial charge in [-0.15, -0.1) is 0 Å². The Kier molecular flexibility index (Phi) is 4.08. The van der Waals surface area contributed by atoms with E-state index >= 15 is 0 Å². The third-order valence-corrected chi connectivity index (χ3v) is 1.81. The van der Waals surface area contributed by atoms with E-state index < -0.39 is 12.1 Å². The molecule has 0 heterocycles. The van der Waals surface area contributed by atoms with Crippen molar-refractivity contribution in [1.82, 2.24) is 0 Å². The fourth-order valence-corrected chi connectivity index (χ4v) is 1.00. The standard InChI is InChI=1S/C10H12O5/c11-5-9(6-12)15-8-3-1-7(2-4-8)10(13)14/h1-4,9,11-12H,5-6H2,(H,13,14). The Morgan fingerprint density at radius 3 is 2.13 bits per heavy atom. The van der Waals surface area contributed by atoms with Gasteiger partial charge in [-0.2, -0.15) is 0 Å². The summed E-state index contributed by atoms with van der Waals surface area (Å²) in [6, 6.07) is 5.73. The molecule has 0 spiro atoms. The maximum absolute atomic E-state index is 10.5. The highest BCUT2D eigenvalue weighted by molar-refractivity contribution is 5.87. The summed E-state index contributed by atoms with van der Waals surface area (Å²) in [6.07, 6.45) is -0.680. The van der Waals surface area contributed by atoms with Crippen molar-refractivity contribution in [2.24, 2.45) is 0 Å². The van der Waals surface area contributed by atoms with E-state index in [0.29, 0.717) is 5.75 Å². The summed E-state index contributed by atoms with van der Waals surface area (Å²) in [5.74, 6) is -0.601. The maximum Gasteiger partial charge on any atom is 0.335 e. The third-order valence-electron chi connectivity index (χ3n) is 1.81. The van der Waals surface area contributed by atoms with Crippen LogP contribution in [0.5, 0.6) is 5.75 Å². The zero-order valence-corrected chi connectivity index (χ0v) is 7.96. The van der Waals surface area contributed by atoms with Gasteiger partial charge in [-0.05, 0) is 24.3 Å². The van der Waals surface area contributed by atoms with Crippen LogP contribution >= 0.6 is 0 Å². The highest BCUT2D eigenvalue weighted by Crippen LogP contribution is 2.13. The van der Waals surface area contributed by atoms with Gasteiger partial charge in [0.25, 0.3) is 0 Å². The molecule has 82 valence electrons. The van der Waals surface area contributed by atoms with Crippen molar-refractivity contribution in [3.8, 4) is 5.75 Å². The Bertz CT molecular complexity index is 315. The van der Waals surface area contributed by atoms with E-state index in [0.717, 1.165) is 0 Å². The van der Waals surface area contributed by atoms with Crippen LogP contribution in [0.4, 0.5) is 0 Å². The van der Waals surface area contributed by atoms with Crippen LogP contribution < -0.4 is 4.74 Å². The molecule has 1 rings (SSSR count). The highest BCUT2D eigenvalue weighted by Gasteiger charge is 2.08. The van der Waals surface area contributed by atoms with E-state index in [-0.39, 0.29) is 18.8 Å². The van der Waals surface area contributed by atoms with Crippen LogP contribution in [0.2, 0.25) is 0 Å². The SMILES string of the molecule is O=C(O)c1ccc(OC(CO)CO)cc1. The van der Waals surface area contributed by atoms with Gasteiger partial charge in [0.05, 0.1) is 18.8 Å². The highest BCUT2D eigenvalue weighted by atomic mass is 16.5. The quantitative estimate of drug-likeness (QED) is 0.645. The predicted octanol–water partition coefficient (Wildman–Crippen LogP) is 0.117. The molecule has 0 aromatic heterocycles. The monoisotopic (exact) mass is 212 g/mol. The van der Waals surface area contributed by atoms with Crippen LogP contribution in [0.3, 0.4) is 0 Å². The summed E-state index contributed by atoms with van der Waals surface area (Å²) in [4.78, 5) is 10.5. The molecule has 0 unspecified atom stereocenters. The number of ether oxygens (including phenoxy) is 1. The number of benzene rings is 1. The number of carboxylic acids is 1. The van der Waals surface area contributed by atoms with Crippen LogP contribution in [-0.4, -0.2) is 40.6 Å². The van der Waals surface area contributed by atoms with E-state index in [1.165, 1.54) is 24.3 Å². The summed E-state index contributed by atoms with van der Waals surface area (Å²) < 4.78 is 5.15. The zero-order valence-electron chi connectivity index (χ0n) is 7.96. The largest absolute Gasteiger partial charge is 0.486 e. The average molecular weight is 212 g/mol. The van der Waals surface area contributed by atoms with Crippen LogP contribution in [0.1, 0.15) is 10.4 Å². The number of aliphatic hydroxyl groups is 2. The molecule has 15 heavy (non-hydrogen) atoms. The fraction of sp³-hybridized carbons (Fsp3) is 0.300. The van der Waals surface area contributed by atoms with Crippen molar-refractivity contribution in [1.29, 1.82) is 0 Å². The lowest BCUT2D eigenvalue weighted by Gasteiger charge is -2.13. The second-order valence-electron chi connectivity index (χ2n) is 2.93. The van der Waals surface area contributed by atoms with E-state index in [4.69, 9.17) is 20.1 Å². The molecule has 5 nitrogen and oxygen atoms in total. The molecule has 0 atom stereocenters. The van der Waals surface area contributed by atoms with Gasteiger partial charge >= 0.3 is 5.97 Å². The lowest BCUT2D eigenvalue weighted by Crippen LogP contribution is -2.25. The molecule has 1 aromatic rings. The van der Waals surface area contributed by atoms with E-state index in [9.17, 15) is 4.79 Å². The first-order valence-electron chi connectivity index (χ1n) is 4.39. The van der Waals surface area contributed by atoms with E-state index in [1.54, 1.807) is 0 Å². The van der Waals surface area contributed by atoms with Gasteiger partial charge in [0.1, 0.15) is 11.9 Å². The summed E-state index contributed by atoms with van der Waals surface area (Å²) in [5.41, 5.74) is 0.159. The summed E-state index contributed by atoms with van der Waals surface area (Å²) >= 11 is 0. The van der Waals surface area contributed by atoms with Gasteiger partial charge in [0.15, 0.2) is 0 Å². The molecule has 0 aliphatic rings. The molecular formula is C10H12O5. The molecule has 5 heteroatoms. The summed E-state index contributed by atoms with van der Waals surface area (Å²) in [6.45, 7) is -0.589. The molecular weight excluding hydrogens is 200 g/mol.